The zero-order valence-electron chi connectivity index (χ0n) is 7.05. The van der Waals surface area contributed by atoms with Crippen molar-refractivity contribution in [2.75, 3.05) is 20.1 Å². The zero-order chi connectivity index (χ0) is 9.19. The fraction of sp³-hybridized carbons (Fsp3) is 1.00. The fourth-order valence-corrected chi connectivity index (χ4v) is 2.24. The second kappa shape index (κ2) is 3.92. The Labute approximate surface area is 70.6 Å². The van der Waals surface area contributed by atoms with Crippen LogP contribution in [0.5, 0.6) is 0 Å². The molecule has 1 fully saturated rings. The molecule has 6 heteroatoms. The standard InChI is InChI=1S/C6H13F2O3P/c1-5-6(3-9-2)10-4-12(7,8)11-5/h5-6,12H,3-4H2,1-2H3. The molecule has 0 aliphatic carbocycles. The number of rotatable bonds is 2. The van der Waals surface area contributed by atoms with Crippen LogP contribution in [0.4, 0.5) is 8.39 Å². The molecular formula is C6H13F2O3P. The summed E-state index contributed by atoms with van der Waals surface area (Å²) >= 11 is 0. The molecule has 0 aromatic rings. The van der Waals surface area contributed by atoms with Gasteiger partial charge < -0.3 is 0 Å². The molecule has 0 radical (unpaired) electrons. The summed E-state index contributed by atoms with van der Waals surface area (Å²) in [4.78, 5) is 0. The van der Waals surface area contributed by atoms with Crippen molar-refractivity contribution in [3.63, 3.8) is 0 Å². The summed E-state index contributed by atoms with van der Waals surface area (Å²) in [5, 5.41) is 0. The summed E-state index contributed by atoms with van der Waals surface area (Å²) in [6.45, 7) is 1.87. The topological polar surface area (TPSA) is 27.7 Å². The Hall–Kier alpha value is 0.170. The van der Waals surface area contributed by atoms with Crippen LogP contribution in [0, 0.1) is 0 Å². The molecule has 1 heterocycles. The van der Waals surface area contributed by atoms with Crippen LogP contribution in [0.2, 0.25) is 0 Å². The van der Waals surface area contributed by atoms with Gasteiger partial charge in [-0.1, -0.05) is 0 Å². The van der Waals surface area contributed by atoms with Gasteiger partial charge in [0.25, 0.3) is 0 Å². The molecule has 0 spiro atoms. The Morgan fingerprint density at radius 2 is 2.25 bits per heavy atom. The first kappa shape index (κ1) is 10.3. The minimum absolute atomic E-state index is 0.297. The molecule has 1 aliphatic rings. The first-order valence-corrected chi connectivity index (χ1v) is 5.58. The maximum absolute atomic E-state index is 12.6. The van der Waals surface area contributed by atoms with E-state index in [1.807, 2.05) is 0 Å². The molecule has 0 saturated carbocycles. The number of methoxy groups -OCH3 is 1. The Morgan fingerprint density at radius 1 is 1.58 bits per heavy atom. The SMILES string of the molecule is COCC1OC[PH](F)(F)OC1C. The van der Waals surface area contributed by atoms with Gasteiger partial charge in [0, 0.05) is 0 Å². The molecule has 2 atom stereocenters. The van der Waals surface area contributed by atoms with Gasteiger partial charge in [-0.25, -0.2) is 0 Å². The molecule has 1 saturated heterocycles. The molecular weight excluding hydrogens is 189 g/mol. The van der Waals surface area contributed by atoms with Gasteiger partial charge in [0.05, 0.1) is 0 Å². The number of halogens is 2. The van der Waals surface area contributed by atoms with Gasteiger partial charge in [-0.2, -0.15) is 0 Å². The third kappa shape index (κ3) is 2.59. The van der Waals surface area contributed by atoms with Crippen LogP contribution >= 0.6 is 8.11 Å². The molecule has 74 valence electrons. The van der Waals surface area contributed by atoms with Gasteiger partial charge in [0.15, 0.2) is 0 Å². The molecule has 1 aliphatic heterocycles. The first-order chi connectivity index (χ1) is 5.55. The van der Waals surface area contributed by atoms with Crippen LogP contribution in [-0.2, 0) is 14.0 Å². The summed E-state index contributed by atoms with van der Waals surface area (Å²) in [5.74, 6) is 0. The van der Waals surface area contributed by atoms with Crippen molar-refractivity contribution in [2.45, 2.75) is 19.1 Å². The Morgan fingerprint density at radius 3 is 2.75 bits per heavy atom. The summed E-state index contributed by atoms with van der Waals surface area (Å²) < 4.78 is 39.5. The quantitative estimate of drug-likeness (QED) is 0.639. The van der Waals surface area contributed by atoms with E-state index in [1.165, 1.54) is 7.11 Å². The van der Waals surface area contributed by atoms with Crippen molar-refractivity contribution in [3.05, 3.63) is 0 Å². The Balaban J connectivity index is 2.42. The first-order valence-electron chi connectivity index (χ1n) is 3.71. The summed E-state index contributed by atoms with van der Waals surface area (Å²) in [6, 6.07) is 0. The summed E-state index contributed by atoms with van der Waals surface area (Å²) in [5.41, 5.74) is 0. The van der Waals surface area contributed by atoms with Crippen LogP contribution in [0.15, 0.2) is 0 Å². The van der Waals surface area contributed by atoms with Gasteiger partial charge in [-0.15, -0.1) is 0 Å². The Bertz CT molecular complexity index is 156. The van der Waals surface area contributed by atoms with E-state index in [0.717, 1.165) is 0 Å². The normalized spacial score (nSPS) is 37.7. The molecule has 0 N–H and O–H groups in total. The van der Waals surface area contributed by atoms with E-state index in [0.29, 0.717) is 6.61 Å². The van der Waals surface area contributed by atoms with Gasteiger partial charge in [-0.05, 0) is 0 Å². The van der Waals surface area contributed by atoms with Crippen molar-refractivity contribution in [1.29, 1.82) is 0 Å². The van der Waals surface area contributed by atoms with Crippen LogP contribution in [0.1, 0.15) is 6.92 Å². The van der Waals surface area contributed by atoms with Crippen LogP contribution in [-0.4, -0.2) is 32.3 Å². The van der Waals surface area contributed by atoms with E-state index in [4.69, 9.17) is 9.47 Å². The van der Waals surface area contributed by atoms with Crippen LogP contribution < -0.4 is 0 Å². The van der Waals surface area contributed by atoms with Crippen molar-refractivity contribution >= 4 is 8.11 Å². The molecule has 0 aromatic heterocycles. The number of ether oxygens (including phenoxy) is 2. The molecule has 12 heavy (non-hydrogen) atoms. The number of hydrogen-bond acceptors (Lipinski definition) is 3. The molecule has 0 aromatic carbocycles. The van der Waals surface area contributed by atoms with Crippen molar-refractivity contribution in [3.8, 4) is 0 Å². The fourth-order valence-electron chi connectivity index (χ4n) is 1.07. The molecule has 0 amide bonds. The van der Waals surface area contributed by atoms with Crippen molar-refractivity contribution in [1.82, 2.24) is 0 Å². The monoisotopic (exact) mass is 202 g/mol. The molecule has 1 rings (SSSR count). The predicted octanol–water partition coefficient (Wildman–Crippen LogP) is 1.83. The van der Waals surface area contributed by atoms with Gasteiger partial charge in [0.1, 0.15) is 0 Å². The average molecular weight is 202 g/mol. The van der Waals surface area contributed by atoms with Crippen LogP contribution in [0.25, 0.3) is 0 Å². The maximum atomic E-state index is 12.6. The van der Waals surface area contributed by atoms with E-state index in [9.17, 15) is 8.39 Å². The van der Waals surface area contributed by atoms with E-state index in [-0.39, 0.29) is 6.10 Å². The Kier molecular flexibility index (Phi) is 3.35. The molecule has 3 nitrogen and oxygen atoms in total. The van der Waals surface area contributed by atoms with E-state index >= 15 is 0 Å². The second-order valence-electron chi connectivity index (χ2n) is 2.77. The number of hydrogen-bond donors (Lipinski definition) is 0. The summed E-state index contributed by atoms with van der Waals surface area (Å²) in [7, 11) is -3.00. The summed E-state index contributed by atoms with van der Waals surface area (Å²) in [6.07, 6.45) is -1.48. The molecule has 0 bridgehead atoms. The van der Waals surface area contributed by atoms with Gasteiger partial charge in [0.2, 0.25) is 0 Å². The second-order valence-corrected chi connectivity index (χ2v) is 4.56. The third-order valence-corrected chi connectivity index (χ3v) is 2.90. The predicted molar refractivity (Wildman–Crippen MR) is 42.7 cm³/mol. The van der Waals surface area contributed by atoms with E-state index in [2.05, 4.69) is 4.52 Å². The van der Waals surface area contributed by atoms with E-state index in [1.54, 1.807) is 6.92 Å². The van der Waals surface area contributed by atoms with Gasteiger partial charge >= 0.3 is 69.7 Å². The third-order valence-electron chi connectivity index (χ3n) is 1.68. The minimum atomic E-state index is -4.50. The van der Waals surface area contributed by atoms with E-state index < -0.39 is 20.6 Å². The molecule has 2 unspecified atom stereocenters. The average Bonchev–Trinajstić information content (AvgIpc) is 1.94. The van der Waals surface area contributed by atoms with Gasteiger partial charge in [-0.3, -0.25) is 0 Å². The van der Waals surface area contributed by atoms with Crippen molar-refractivity contribution in [2.24, 2.45) is 0 Å². The zero-order valence-corrected chi connectivity index (χ0v) is 8.05. The van der Waals surface area contributed by atoms with Crippen LogP contribution in [0.3, 0.4) is 0 Å². The van der Waals surface area contributed by atoms with Crippen molar-refractivity contribution < 1.29 is 22.4 Å².